The Kier molecular flexibility index (Phi) is 5.11. The molecular weight excluding hydrogens is 286 g/mol. The van der Waals surface area contributed by atoms with E-state index in [1.807, 2.05) is 24.3 Å². The Morgan fingerprint density at radius 1 is 1.59 bits per heavy atom. The van der Waals surface area contributed by atoms with Gasteiger partial charge >= 0.3 is 5.97 Å². The smallest absolute Gasteiger partial charge is 0.338 e. The average Bonchev–Trinajstić information content (AvgIpc) is 2.27. The molecule has 0 heterocycles. The van der Waals surface area contributed by atoms with Gasteiger partial charge in [-0.25, -0.2) is 4.79 Å². The number of halogens is 1. The van der Waals surface area contributed by atoms with Gasteiger partial charge in [-0.3, -0.25) is 0 Å². The molecule has 1 rings (SSSR count). The molecule has 0 saturated heterocycles. The first-order chi connectivity index (χ1) is 7.95. The van der Waals surface area contributed by atoms with Crippen LogP contribution in [0.25, 0.3) is 0 Å². The molecule has 0 fully saturated rings. The van der Waals surface area contributed by atoms with Gasteiger partial charge < -0.3 is 15.2 Å². The monoisotopic (exact) mass is 301 g/mol. The zero-order valence-electron chi connectivity index (χ0n) is 9.87. The van der Waals surface area contributed by atoms with E-state index < -0.39 is 11.6 Å². The molecule has 5 heteroatoms. The summed E-state index contributed by atoms with van der Waals surface area (Å²) in [5.41, 5.74) is -0.430. The number of nitrogens with one attached hydrogen (secondary N) is 1. The van der Waals surface area contributed by atoms with E-state index in [4.69, 9.17) is 0 Å². The molecule has 1 aromatic rings. The minimum Gasteiger partial charge on any atom is -0.467 e. The second-order valence-corrected chi connectivity index (χ2v) is 4.91. The van der Waals surface area contributed by atoms with Gasteiger partial charge in [0, 0.05) is 17.6 Å². The van der Waals surface area contributed by atoms with E-state index in [1.165, 1.54) is 14.0 Å². The quantitative estimate of drug-likeness (QED) is 0.809. The van der Waals surface area contributed by atoms with Gasteiger partial charge in [0.15, 0.2) is 5.60 Å². The summed E-state index contributed by atoms with van der Waals surface area (Å²) in [6.07, 6.45) is 0. The van der Waals surface area contributed by atoms with Crippen molar-refractivity contribution in [2.45, 2.75) is 19.1 Å². The van der Waals surface area contributed by atoms with Crippen LogP contribution in [0.1, 0.15) is 12.5 Å². The Balaban J connectivity index is 2.45. The number of carbonyl (C=O) groups is 1. The van der Waals surface area contributed by atoms with E-state index in [9.17, 15) is 9.90 Å². The molecule has 0 saturated carbocycles. The molecule has 0 aliphatic heterocycles. The van der Waals surface area contributed by atoms with Crippen molar-refractivity contribution >= 4 is 21.9 Å². The van der Waals surface area contributed by atoms with Crippen molar-refractivity contribution in [1.82, 2.24) is 5.32 Å². The molecule has 0 bridgehead atoms. The summed E-state index contributed by atoms with van der Waals surface area (Å²) >= 11 is 3.38. The number of carbonyl (C=O) groups excluding carboxylic acids is 1. The predicted octanol–water partition coefficient (Wildman–Crippen LogP) is 1.46. The molecule has 4 nitrogen and oxygen atoms in total. The number of hydrogen-bond donors (Lipinski definition) is 2. The third-order valence-electron chi connectivity index (χ3n) is 2.31. The Hall–Kier alpha value is -0.910. The van der Waals surface area contributed by atoms with Gasteiger partial charge in [-0.15, -0.1) is 0 Å². The second kappa shape index (κ2) is 6.14. The number of methoxy groups -OCH3 is 1. The normalized spacial score (nSPS) is 14.1. The SMILES string of the molecule is COC(=O)C(C)(O)CNCc1cccc(Br)c1. The van der Waals surface area contributed by atoms with Crippen molar-refractivity contribution in [2.24, 2.45) is 0 Å². The highest BCUT2D eigenvalue weighted by molar-refractivity contribution is 9.10. The first kappa shape index (κ1) is 14.2. The van der Waals surface area contributed by atoms with Crippen molar-refractivity contribution < 1.29 is 14.6 Å². The maximum atomic E-state index is 11.2. The predicted molar refractivity (Wildman–Crippen MR) is 68.5 cm³/mol. The molecule has 2 N–H and O–H groups in total. The van der Waals surface area contributed by atoms with Crippen LogP contribution in [0, 0.1) is 0 Å². The molecule has 1 unspecified atom stereocenters. The van der Waals surface area contributed by atoms with Crippen LogP contribution in [0.4, 0.5) is 0 Å². The summed E-state index contributed by atoms with van der Waals surface area (Å²) in [7, 11) is 1.26. The van der Waals surface area contributed by atoms with Gasteiger partial charge in [0.25, 0.3) is 0 Å². The van der Waals surface area contributed by atoms with Crippen molar-refractivity contribution in [1.29, 1.82) is 0 Å². The van der Waals surface area contributed by atoms with Crippen molar-refractivity contribution in [3.05, 3.63) is 34.3 Å². The highest BCUT2D eigenvalue weighted by atomic mass is 79.9. The van der Waals surface area contributed by atoms with Crippen LogP contribution in [0.5, 0.6) is 0 Å². The molecule has 17 heavy (non-hydrogen) atoms. The standard InChI is InChI=1S/C12H16BrNO3/c1-12(16,11(15)17-2)8-14-7-9-4-3-5-10(13)6-9/h3-6,14,16H,7-8H2,1-2H3. The molecular formula is C12H16BrNO3. The van der Waals surface area contributed by atoms with Crippen LogP contribution < -0.4 is 5.32 Å². The summed E-state index contributed by atoms with van der Waals surface area (Å²) in [5.74, 6) is -0.640. The summed E-state index contributed by atoms with van der Waals surface area (Å²) < 4.78 is 5.50. The van der Waals surface area contributed by atoms with Crippen LogP contribution in [-0.2, 0) is 16.1 Å². The lowest BCUT2D eigenvalue weighted by molar-refractivity contribution is -0.159. The van der Waals surface area contributed by atoms with E-state index in [0.717, 1.165) is 10.0 Å². The van der Waals surface area contributed by atoms with Gasteiger partial charge in [0.2, 0.25) is 0 Å². The van der Waals surface area contributed by atoms with Crippen molar-refractivity contribution in [3.8, 4) is 0 Å². The summed E-state index contributed by atoms with van der Waals surface area (Å²) in [6, 6.07) is 7.80. The Morgan fingerprint density at radius 2 is 2.29 bits per heavy atom. The van der Waals surface area contributed by atoms with Gasteiger partial charge in [-0.05, 0) is 24.6 Å². The van der Waals surface area contributed by atoms with Gasteiger partial charge in [0.05, 0.1) is 7.11 Å². The second-order valence-electron chi connectivity index (χ2n) is 4.00. The molecule has 0 aliphatic carbocycles. The first-order valence-corrected chi connectivity index (χ1v) is 6.01. The fourth-order valence-corrected chi connectivity index (χ4v) is 1.84. The number of ether oxygens (including phenoxy) is 1. The molecule has 1 atom stereocenters. The van der Waals surface area contributed by atoms with Crippen LogP contribution >= 0.6 is 15.9 Å². The Bertz CT molecular complexity index is 393. The minimum absolute atomic E-state index is 0.145. The Labute approximate surface area is 109 Å². The summed E-state index contributed by atoms with van der Waals surface area (Å²) in [4.78, 5) is 11.2. The summed E-state index contributed by atoms with van der Waals surface area (Å²) in [5, 5.41) is 12.8. The number of esters is 1. The number of aliphatic hydroxyl groups is 1. The largest absolute Gasteiger partial charge is 0.467 e. The molecule has 1 aromatic carbocycles. The summed E-state index contributed by atoms with van der Waals surface area (Å²) in [6.45, 7) is 2.14. The maximum absolute atomic E-state index is 11.2. The minimum atomic E-state index is -1.50. The van der Waals surface area contributed by atoms with Gasteiger partial charge in [0.1, 0.15) is 0 Å². The zero-order chi connectivity index (χ0) is 12.9. The highest BCUT2D eigenvalue weighted by Crippen LogP contribution is 2.11. The molecule has 0 spiro atoms. The van der Waals surface area contributed by atoms with E-state index in [2.05, 4.69) is 26.0 Å². The molecule has 0 aromatic heterocycles. The topological polar surface area (TPSA) is 58.6 Å². The lowest BCUT2D eigenvalue weighted by Crippen LogP contribution is -2.45. The van der Waals surface area contributed by atoms with E-state index in [0.29, 0.717) is 6.54 Å². The number of rotatable bonds is 5. The van der Waals surface area contributed by atoms with Gasteiger partial charge in [-0.1, -0.05) is 28.1 Å². The van der Waals surface area contributed by atoms with E-state index in [1.54, 1.807) is 0 Å². The van der Waals surface area contributed by atoms with Crippen molar-refractivity contribution in [3.63, 3.8) is 0 Å². The van der Waals surface area contributed by atoms with Crippen LogP contribution in [0.3, 0.4) is 0 Å². The lowest BCUT2D eigenvalue weighted by atomic mass is 10.1. The molecule has 0 radical (unpaired) electrons. The van der Waals surface area contributed by atoms with E-state index in [-0.39, 0.29) is 6.54 Å². The van der Waals surface area contributed by atoms with Crippen LogP contribution in [0.2, 0.25) is 0 Å². The van der Waals surface area contributed by atoms with Crippen molar-refractivity contribution in [2.75, 3.05) is 13.7 Å². The lowest BCUT2D eigenvalue weighted by Gasteiger charge is -2.20. The third-order valence-corrected chi connectivity index (χ3v) is 2.81. The fraction of sp³-hybridized carbons (Fsp3) is 0.417. The Morgan fingerprint density at radius 3 is 2.88 bits per heavy atom. The maximum Gasteiger partial charge on any atom is 0.338 e. The molecule has 0 amide bonds. The zero-order valence-corrected chi connectivity index (χ0v) is 11.5. The molecule has 0 aliphatic rings. The highest BCUT2D eigenvalue weighted by Gasteiger charge is 2.30. The van der Waals surface area contributed by atoms with Crippen LogP contribution in [-0.4, -0.2) is 30.3 Å². The first-order valence-electron chi connectivity index (χ1n) is 5.21. The van der Waals surface area contributed by atoms with Crippen LogP contribution in [0.15, 0.2) is 28.7 Å². The third kappa shape index (κ3) is 4.46. The van der Waals surface area contributed by atoms with Gasteiger partial charge in [-0.2, -0.15) is 0 Å². The molecule has 94 valence electrons. The number of benzene rings is 1. The fourth-order valence-electron chi connectivity index (χ4n) is 1.39. The average molecular weight is 302 g/mol. The number of hydrogen-bond acceptors (Lipinski definition) is 4. The van der Waals surface area contributed by atoms with E-state index >= 15 is 0 Å².